The number of methoxy groups -OCH3 is 1. The first-order valence-electron chi connectivity index (χ1n) is 9.47. The van der Waals surface area contributed by atoms with E-state index in [0.717, 1.165) is 53.9 Å². The fourth-order valence-corrected chi connectivity index (χ4v) is 5.81. The third kappa shape index (κ3) is 2.70. The van der Waals surface area contributed by atoms with Crippen molar-refractivity contribution in [3.63, 3.8) is 0 Å². The summed E-state index contributed by atoms with van der Waals surface area (Å²) in [6.07, 6.45) is 12.8. The molecule has 0 aliphatic heterocycles. The maximum Gasteiger partial charge on any atom is 0.161 e. The van der Waals surface area contributed by atoms with Crippen LogP contribution in [0.5, 0.6) is 5.75 Å². The molecule has 2 nitrogen and oxygen atoms in total. The first kappa shape index (κ1) is 15.9. The predicted molar refractivity (Wildman–Crippen MR) is 97.0 cm³/mol. The van der Waals surface area contributed by atoms with Crippen molar-refractivity contribution in [1.29, 1.82) is 0 Å². The Kier molecular flexibility index (Phi) is 4.02. The molecule has 4 unspecified atom stereocenters. The molecule has 3 saturated carbocycles. The summed E-state index contributed by atoms with van der Waals surface area (Å²) in [6, 6.07) is 6.10. The van der Waals surface area contributed by atoms with E-state index in [4.69, 9.17) is 4.74 Å². The van der Waals surface area contributed by atoms with Gasteiger partial charge < -0.3 is 4.74 Å². The molecule has 4 atom stereocenters. The van der Waals surface area contributed by atoms with Gasteiger partial charge in [-0.15, -0.1) is 0 Å². The lowest BCUT2D eigenvalue weighted by Crippen LogP contribution is -2.33. The van der Waals surface area contributed by atoms with Gasteiger partial charge in [0.1, 0.15) is 5.75 Å². The second-order valence-electron chi connectivity index (χ2n) is 8.37. The summed E-state index contributed by atoms with van der Waals surface area (Å²) in [5.74, 6) is 3.73. The summed E-state index contributed by atoms with van der Waals surface area (Å²) in [7, 11) is 1.69. The number of carbonyl (C=O) groups excluding carboxylic acids is 1. The van der Waals surface area contributed by atoms with Crippen LogP contribution in [0.2, 0.25) is 0 Å². The van der Waals surface area contributed by atoms with E-state index in [-0.39, 0.29) is 5.41 Å². The smallest absolute Gasteiger partial charge is 0.161 e. The number of allylic oxidation sites excluding steroid dienone is 1. The SMILES string of the molecule is COc1ccc(/C=C/C(=O)C23CC4CCCC(C2)C(C4)C3)cc1C. The lowest BCUT2D eigenvalue weighted by molar-refractivity contribution is -0.125. The summed E-state index contributed by atoms with van der Waals surface area (Å²) in [5, 5.41) is 0. The van der Waals surface area contributed by atoms with Gasteiger partial charge in [-0.2, -0.15) is 0 Å². The summed E-state index contributed by atoms with van der Waals surface area (Å²) in [5.41, 5.74) is 2.17. The lowest BCUT2D eigenvalue weighted by atomic mass is 9.67. The minimum Gasteiger partial charge on any atom is -0.496 e. The number of carbonyl (C=O) groups is 1. The molecule has 1 aromatic carbocycles. The second kappa shape index (κ2) is 6.06. The first-order valence-corrected chi connectivity index (χ1v) is 9.47. The van der Waals surface area contributed by atoms with Crippen molar-refractivity contribution in [3.05, 3.63) is 35.4 Å². The van der Waals surface area contributed by atoms with Crippen LogP contribution in [0.3, 0.4) is 0 Å². The molecule has 2 heteroatoms. The largest absolute Gasteiger partial charge is 0.496 e. The van der Waals surface area contributed by atoms with Crippen LogP contribution in [-0.2, 0) is 4.79 Å². The first-order chi connectivity index (χ1) is 11.6. The van der Waals surface area contributed by atoms with Crippen molar-refractivity contribution in [2.75, 3.05) is 7.11 Å². The van der Waals surface area contributed by atoms with E-state index in [1.807, 2.05) is 31.2 Å². The Hall–Kier alpha value is -1.57. The minimum atomic E-state index is -0.0311. The summed E-state index contributed by atoms with van der Waals surface area (Å²) >= 11 is 0. The van der Waals surface area contributed by atoms with Crippen LogP contribution < -0.4 is 4.74 Å². The Labute approximate surface area is 145 Å². The fraction of sp³-hybridized carbons (Fsp3) is 0.591. The maximum absolute atomic E-state index is 13.1. The maximum atomic E-state index is 13.1. The normalized spacial score (nSPS) is 34.5. The Morgan fingerprint density at radius 1 is 1.21 bits per heavy atom. The molecule has 0 amide bonds. The van der Waals surface area contributed by atoms with Gasteiger partial charge in [0.05, 0.1) is 7.11 Å². The summed E-state index contributed by atoms with van der Waals surface area (Å²) < 4.78 is 5.31. The van der Waals surface area contributed by atoms with Crippen molar-refractivity contribution in [3.8, 4) is 5.75 Å². The molecule has 3 bridgehead atoms. The number of hydrogen-bond acceptors (Lipinski definition) is 2. The molecule has 0 heterocycles. The molecule has 24 heavy (non-hydrogen) atoms. The molecule has 128 valence electrons. The topological polar surface area (TPSA) is 26.3 Å². The molecular formula is C22H28O2. The molecular weight excluding hydrogens is 296 g/mol. The molecule has 1 aromatic rings. The van der Waals surface area contributed by atoms with Gasteiger partial charge in [0.15, 0.2) is 5.78 Å². The molecule has 0 spiro atoms. The zero-order valence-electron chi connectivity index (χ0n) is 14.9. The zero-order chi connectivity index (χ0) is 16.7. The number of rotatable bonds is 4. The van der Waals surface area contributed by atoms with E-state index in [2.05, 4.69) is 6.07 Å². The highest BCUT2D eigenvalue weighted by Crippen LogP contribution is 2.60. The Balaban J connectivity index is 1.53. The standard InChI is InChI=1S/C22H28O2/c1-15-10-16(6-8-20(15)24-2)7-9-21(23)22-12-17-4-3-5-18(13-22)19(11-17)14-22/h6-10,17-19H,3-5,11-14H2,1-2H3/b9-7+. The van der Waals surface area contributed by atoms with Gasteiger partial charge in [-0.1, -0.05) is 31.4 Å². The van der Waals surface area contributed by atoms with Crippen molar-refractivity contribution >= 4 is 11.9 Å². The zero-order valence-corrected chi connectivity index (χ0v) is 14.9. The molecule has 0 N–H and O–H groups in total. The number of benzene rings is 1. The highest BCUT2D eigenvalue weighted by atomic mass is 16.5. The van der Waals surface area contributed by atoms with E-state index < -0.39 is 0 Å². The van der Waals surface area contributed by atoms with Crippen LogP contribution in [0, 0.1) is 30.1 Å². The highest BCUT2D eigenvalue weighted by Gasteiger charge is 2.54. The van der Waals surface area contributed by atoms with Gasteiger partial charge >= 0.3 is 0 Å². The molecule has 0 aromatic heterocycles. The number of ether oxygens (including phenoxy) is 1. The van der Waals surface area contributed by atoms with Gasteiger partial charge in [-0.25, -0.2) is 0 Å². The Morgan fingerprint density at radius 3 is 2.83 bits per heavy atom. The molecule has 4 rings (SSSR count). The third-order valence-corrected chi connectivity index (χ3v) is 6.84. The number of hydrogen-bond donors (Lipinski definition) is 0. The van der Waals surface area contributed by atoms with Gasteiger partial charge in [0, 0.05) is 5.41 Å². The van der Waals surface area contributed by atoms with Gasteiger partial charge in [0.25, 0.3) is 0 Å². The van der Waals surface area contributed by atoms with Gasteiger partial charge in [0.2, 0.25) is 0 Å². The van der Waals surface area contributed by atoms with Crippen LogP contribution in [0.15, 0.2) is 24.3 Å². The Bertz CT molecular complexity index is 671. The molecule has 0 saturated heterocycles. The van der Waals surface area contributed by atoms with Crippen LogP contribution in [0.4, 0.5) is 0 Å². The van der Waals surface area contributed by atoms with E-state index in [1.54, 1.807) is 7.11 Å². The quantitative estimate of drug-likeness (QED) is 0.712. The lowest BCUT2D eigenvalue weighted by Gasteiger charge is -2.36. The monoisotopic (exact) mass is 324 g/mol. The molecule has 3 aliphatic rings. The van der Waals surface area contributed by atoms with Crippen molar-refractivity contribution < 1.29 is 9.53 Å². The summed E-state index contributed by atoms with van der Waals surface area (Å²) in [6.45, 7) is 2.04. The van der Waals surface area contributed by atoms with Gasteiger partial charge in [-0.05, 0) is 79.7 Å². The second-order valence-corrected chi connectivity index (χ2v) is 8.37. The average molecular weight is 324 g/mol. The average Bonchev–Trinajstić information content (AvgIpc) is 2.74. The fourth-order valence-electron chi connectivity index (χ4n) is 5.81. The van der Waals surface area contributed by atoms with E-state index >= 15 is 0 Å². The van der Waals surface area contributed by atoms with Crippen LogP contribution in [0.1, 0.15) is 56.1 Å². The van der Waals surface area contributed by atoms with Crippen LogP contribution >= 0.6 is 0 Å². The third-order valence-electron chi connectivity index (χ3n) is 6.84. The van der Waals surface area contributed by atoms with Crippen molar-refractivity contribution in [1.82, 2.24) is 0 Å². The van der Waals surface area contributed by atoms with Crippen LogP contribution in [-0.4, -0.2) is 12.9 Å². The van der Waals surface area contributed by atoms with Crippen LogP contribution in [0.25, 0.3) is 6.08 Å². The Morgan fingerprint density at radius 2 is 2.04 bits per heavy atom. The molecule has 3 fully saturated rings. The molecule has 0 radical (unpaired) electrons. The van der Waals surface area contributed by atoms with E-state index in [1.165, 1.54) is 25.7 Å². The van der Waals surface area contributed by atoms with E-state index in [9.17, 15) is 4.79 Å². The van der Waals surface area contributed by atoms with Crippen molar-refractivity contribution in [2.45, 2.75) is 51.9 Å². The summed E-state index contributed by atoms with van der Waals surface area (Å²) in [4.78, 5) is 13.1. The minimum absolute atomic E-state index is 0.0311. The predicted octanol–water partition coefficient (Wildman–Crippen LogP) is 5.19. The van der Waals surface area contributed by atoms with Gasteiger partial charge in [-0.3, -0.25) is 4.79 Å². The number of fused-ring (bicyclic) bond motifs is 2. The van der Waals surface area contributed by atoms with Crippen molar-refractivity contribution in [2.24, 2.45) is 23.2 Å². The van der Waals surface area contributed by atoms with E-state index in [0.29, 0.717) is 5.78 Å². The molecule has 3 aliphatic carbocycles. The number of ketones is 1. The number of aryl methyl sites for hydroxylation is 1. The highest BCUT2D eigenvalue weighted by molar-refractivity contribution is 5.98.